The summed E-state index contributed by atoms with van der Waals surface area (Å²) >= 11 is 0. The van der Waals surface area contributed by atoms with E-state index in [2.05, 4.69) is 50.3 Å². The molecule has 0 amide bonds. The number of carbonyl (C=O) groups is 2. The fourth-order valence-corrected chi connectivity index (χ4v) is 7.70. The van der Waals surface area contributed by atoms with Gasteiger partial charge in [-0.25, -0.2) is 4.57 Å². The second-order valence-corrected chi connectivity index (χ2v) is 17.3. The van der Waals surface area contributed by atoms with Crippen molar-refractivity contribution in [3.63, 3.8) is 0 Å². The normalized spacial score (nSPS) is 26.0. The van der Waals surface area contributed by atoms with E-state index in [1.807, 2.05) is 12.2 Å². The Labute approximate surface area is 358 Å². The number of unbranched alkanes of at least 4 members (excludes halogenated alkanes) is 13. The zero-order valence-corrected chi connectivity index (χ0v) is 37.1. The Kier molecular flexibility index (Phi) is 29.1. The lowest BCUT2D eigenvalue weighted by Gasteiger charge is -2.41. The lowest BCUT2D eigenvalue weighted by Crippen LogP contribution is -2.64. The molecule has 1 saturated carbocycles. The van der Waals surface area contributed by atoms with Crippen molar-refractivity contribution < 1.29 is 67.8 Å². The van der Waals surface area contributed by atoms with E-state index < -0.39 is 75.7 Å². The summed E-state index contributed by atoms with van der Waals surface area (Å²) in [6.07, 6.45) is 24.8. The number of carbonyl (C=O) groups excluding carboxylic acids is 2. The molecule has 1 saturated heterocycles. The van der Waals surface area contributed by atoms with E-state index in [-0.39, 0.29) is 25.0 Å². The van der Waals surface area contributed by atoms with Crippen LogP contribution in [-0.2, 0) is 37.4 Å². The molecule has 0 aromatic rings. The van der Waals surface area contributed by atoms with Crippen LogP contribution < -0.4 is 0 Å². The molecular weight excluding hydrogens is 795 g/mol. The van der Waals surface area contributed by atoms with Crippen LogP contribution >= 0.6 is 7.82 Å². The summed E-state index contributed by atoms with van der Waals surface area (Å²) in [6.45, 7) is 3.17. The molecule has 0 bridgehead atoms. The van der Waals surface area contributed by atoms with Gasteiger partial charge in [-0.1, -0.05) is 114 Å². The number of rotatable bonds is 35. The zero-order chi connectivity index (χ0) is 44.0. The highest BCUT2D eigenvalue weighted by atomic mass is 31.2. The molecule has 0 aromatic carbocycles. The van der Waals surface area contributed by atoms with Crippen molar-refractivity contribution in [2.75, 3.05) is 13.2 Å². The Morgan fingerprint density at radius 1 is 0.583 bits per heavy atom. The van der Waals surface area contributed by atoms with Gasteiger partial charge >= 0.3 is 19.8 Å². The quantitative estimate of drug-likeness (QED) is 0.0120. The highest BCUT2D eigenvalue weighted by molar-refractivity contribution is 7.47. The Balaban J connectivity index is 1.75. The van der Waals surface area contributed by atoms with Crippen LogP contribution in [0.3, 0.4) is 0 Å². The lowest BCUT2D eigenvalue weighted by atomic mass is 9.85. The van der Waals surface area contributed by atoms with Crippen LogP contribution in [0.4, 0.5) is 0 Å². The first kappa shape index (κ1) is 53.9. The van der Waals surface area contributed by atoms with Gasteiger partial charge < -0.3 is 44.6 Å². The lowest BCUT2D eigenvalue weighted by molar-refractivity contribution is -0.220. The maximum Gasteiger partial charge on any atom is 0.472 e. The van der Waals surface area contributed by atoms with Crippen molar-refractivity contribution in [2.45, 2.75) is 210 Å². The first-order chi connectivity index (χ1) is 28.9. The van der Waals surface area contributed by atoms with Crippen molar-refractivity contribution in [2.24, 2.45) is 0 Å². The summed E-state index contributed by atoms with van der Waals surface area (Å²) in [4.78, 5) is 35.7. The second kappa shape index (κ2) is 32.4. The maximum absolute atomic E-state index is 12.8. The van der Waals surface area contributed by atoms with Gasteiger partial charge in [-0.2, -0.15) is 0 Å². The molecule has 0 spiro atoms. The number of allylic oxidation sites excluding steroid dienone is 6. The Morgan fingerprint density at radius 2 is 1.05 bits per heavy atom. The third kappa shape index (κ3) is 24.4. The van der Waals surface area contributed by atoms with Crippen molar-refractivity contribution in [1.82, 2.24) is 0 Å². The summed E-state index contributed by atoms with van der Waals surface area (Å²) in [7, 11) is -5.14. The van der Waals surface area contributed by atoms with Crippen molar-refractivity contribution in [1.29, 1.82) is 0 Å². The Bertz CT molecular complexity index is 1300. The molecule has 10 atom stereocenters. The molecule has 2 aliphatic rings. The van der Waals surface area contributed by atoms with E-state index in [1.165, 1.54) is 44.9 Å². The molecule has 346 valence electrons. The molecule has 6 N–H and O–H groups in total. The van der Waals surface area contributed by atoms with E-state index in [9.17, 15) is 44.6 Å². The van der Waals surface area contributed by atoms with Gasteiger partial charge in [0.15, 0.2) is 6.10 Å². The standard InChI is InChI=1S/C45H77O14P/c1-3-5-7-9-11-13-14-15-16-18-20-22-28-32-39(47)57-35(34-56-60(53,54)59-45-43(51)41(49)40(48)42(50)44(45)52)33-55-38(46)31-27-24-23-26-30-37-36(58-37)29-25-21-19-17-12-10-8-6-4-2/h12-14,17,21,23,25-26,35-37,40-45,48-52H,3-11,15-16,18-20,22,24,27-34H2,1-2H3,(H,53,54)/b14-13-,17-12-,25-21-,26-23-/t35-,36?,37?,40?,41-,42+,43-,44-,45?/m1/s1. The van der Waals surface area contributed by atoms with Gasteiger partial charge in [-0.3, -0.25) is 18.6 Å². The summed E-state index contributed by atoms with van der Waals surface area (Å²) in [5.41, 5.74) is 0. The van der Waals surface area contributed by atoms with Gasteiger partial charge in [-0.15, -0.1) is 0 Å². The largest absolute Gasteiger partial charge is 0.472 e. The second-order valence-electron chi connectivity index (χ2n) is 15.9. The number of aliphatic hydroxyl groups excluding tert-OH is 5. The molecule has 0 radical (unpaired) electrons. The minimum absolute atomic E-state index is 0.0699. The fourth-order valence-electron chi connectivity index (χ4n) is 6.73. The maximum atomic E-state index is 12.8. The molecular formula is C45H77O14P. The molecule has 14 nitrogen and oxygen atoms in total. The fraction of sp³-hybridized carbons (Fsp3) is 0.778. The summed E-state index contributed by atoms with van der Waals surface area (Å²) in [5.74, 6) is -1.19. The van der Waals surface area contributed by atoms with Crippen LogP contribution in [0.15, 0.2) is 48.6 Å². The predicted octanol–water partition coefficient (Wildman–Crippen LogP) is 7.38. The summed E-state index contributed by atoms with van der Waals surface area (Å²) in [6, 6.07) is 0. The first-order valence-corrected chi connectivity index (χ1v) is 24.1. The number of ether oxygens (including phenoxy) is 3. The number of aliphatic hydroxyl groups is 5. The molecule has 60 heavy (non-hydrogen) atoms. The van der Waals surface area contributed by atoms with E-state index in [1.54, 1.807) is 0 Å². The van der Waals surface area contributed by atoms with Crippen molar-refractivity contribution >= 4 is 19.8 Å². The van der Waals surface area contributed by atoms with Crippen LogP contribution in [0.1, 0.15) is 155 Å². The molecule has 5 unspecified atom stereocenters. The smallest absolute Gasteiger partial charge is 0.462 e. The van der Waals surface area contributed by atoms with E-state index in [4.69, 9.17) is 23.3 Å². The average Bonchev–Trinajstić information content (AvgIpc) is 3.99. The molecule has 0 aromatic heterocycles. The topological polar surface area (TPSA) is 222 Å². The number of esters is 2. The molecule has 1 heterocycles. The van der Waals surface area contributed by atoms with Gasteiger partial charge in [0.25, 0.3) is 0 Å². The zero-order valence-electron chi connectivity index (χ0n) is 36.2. The minimum Gasteiger partial charge on any atom is -0.462 e. The van der Waals surface area contributed by atoms with Gasteiger partial charge in [0, 0.05) is 12.8 Å². The van der Waals surface area contributed by atoms with Crippen molar-refractivity contribution in [3.8, 4) is 0 Å². The van der Waals surface area contributed by atoms with Gasteiger partial charge in [0.2, 0.25) is 0 Å². The molecule has 1 aliphatic carbocycles. The predicted molar refractivity (Wildman–Crippen MR) is 230 cm³/mol. The van der Waals surface area contributed by atoms with Gasteiger partial charge in [0.05, 0.1) is 18.8 Å². The van der Waals surface area contributed by atoms with Crippen LogP contribution in [0.5, 0.6) is 0 Å². The summed E-state index contributed by atoms with van der Waals surface area (Å²) in [5, 5.41) is 50.1. The third-order valence-corrected chi connectivity index (χ3v) is 11.5. The highest BCUT2D eigenvalue weighted by Crippen LogP contribution is 2.47. The third-order valence-electron chi connectivity index (χ3n) is 10.5. The SMILES string of the molecule is CCCCC/C=C\C/C=C\CC1OC1C/C=C\CCCC(=O)OC[C@H](COP(=O)(O)OC1[C@H](O)[C@H](O)C(O)[C@H](O)[C@H]1O)OC(=O)CCCCCCC/C=C\CCCCCC. The highest BCUT2D eigenvalue weighted by Gasteiger charge is 2.51. The molecule has 1 aliphatic heterocycles. The van der Waals surface area contributed by atoms with E-state index in [0.29, 0.717) is 19.3 Å². The average molecular weight is 873 g/mol. The number of epoxide rings is 1. The summed E-state index contributed by atoms with van der Waals surface area (Å²) < 4.78 is 39.2. The number of hydrogen-bond donors (Lipinski definition) is 6. The first-order valence-electron chi connectivity index (χ1n) is 22.6. The van der Waals surface area contributed by atoms with E-state index >= 15 is 0 Å². The Hall–Kier alpha value is -2.23. The van der Waals surface area contributed by atoms with Gasteiger partial charge in [-0.05, 0) is 77.0 Å². The minimum atomic E-state index is -5.14. The number of hydrogen-bond acceptors (Lipinski definition) is 13. The molecule has 15 heteroatoms. The van der Waals surface area contributed by atoms with Crippen LogP contribution in [-0.4, -0.2) is 111 Å². The van der Waals surface area contributed by atoms with Crippen LogP contribution in [0, 0.1) is 0 Å². The van der Waals surface area contributed by atoms with Crippen LogP contribution in [0.2, 0.25) is 0 Å². The van der Waals surface area contributed by atoms with Crippen molar-refractivity contribution in [3.05, 3.63) is 48.6 Å². The monoisotopic (exact) mass is 873 g/mol. The van der Waals surface area contributed by atoms with Crippen LogP contribution in [0.25, 0.3) is 0 Å². The molecule has 2 rings (SSSR count). The van der Waals surface area contributed by atoms with Gasteiger partial charge in [0.1, 0.15) is 43.2 Å². The number of phosphoric ester groups is 1. The van der Waals surface area contributed by atoms with E-state index in [0.717, 1.165) is 64.2 Å². The molecule has 2 fully saturated rings. The number of phosphoric acid groups is 1. The Morgan fingerprint density at radius 3 is 1.70 bits per heavy atom.